The summed E-state index contributed by atoms with van der Waals surface area (Å²) in [7, 11) is 0. The molecule has 1 aliphatic rings. The average molecular weight is 508 g/mol. The predicted molar refractivity (Wildman–Crippen MR) is 131 cm³/mol. The summed E-state index contributed by atoms with van der Waals surface area (Å²) >= 11 is 18.3. The summed E-state index contributed by atoms with van der Waals surface area (Å²) < 4.78 is 7.44. The lowest BCUT2D eigenvalue weighted by atomic mass is 10.1. The van der Waals surface area contributed by atoms with E-state index in [1.807, 2.05) is 49.1 Å². The number of hydrogen-bond donors (Lipinski definition) is 0. The van der Waals surface area contributed by atoms with Gasteiger partial charge < -0.3 is 9.64 Å². The van der Waals surface area contributed by atoms with Gasteiger partial charge in [0.25, 0.3) is 5.91 Å². The minimum Gasteiger partial charge on any atom is -0.471 e. The van der Waals surface area contributed by atoms with Crippen molar-refractivity contribution in [1.82, 2.24) is 19.6 Å². The highest BCUT2D eigenvalue weighted by molar-refractivity contribution is 6.42. The van der Waals surface area contributed by atoms with Gasteiger partial charge in [-0.2, -0.15) is 5.10 Å². The molecule has 1 saturated heterocycles. The number of hydrogen-bond acceptors (Lipinski definition) is 4. The Morgan fingerprint density at radius 3 is 2.33 bits per heavy atom. The van der Waals surface area contributed by atoms with Gasteiger partial charge in [-0.3, -0.25) is 9.69 Å². The molecule has 1 fully saturated rings. The molecule has 0 radical (unpaired) electrons. The van der Waals surface area contributed by atoms with Gasteiger partial charge in [-0.15, -0.1) is 0 Å². The average Bonchev–Trinajstić information content (AvgIpc) is 3.27. The fraction of sp³-hybridized carbons (Fsp3) is 0.333. The van der Waals surface area contributed by atoms with Crippen molar-refractivity contribution < 1.29 is 9.53 Å². The van der Waals surface area contributed by atoms with E-state index in [-0.39, 0.29) is 12.6 Å². The lowest BCUT2D eigenvalue weighted by Crippen LogP contribution is -2.48. The van der Waals surface area contributed by atoms with Crippen molar-refractivity contribution >= 4 is 40.7 Å². The Balaban J connectivity index is 1.29. The van der Waals surface area contributed by atoms with Gasteiger partial charge in [0, 0.05) is 43.9 Å². The van der Waals surface area contributed by atoms with Crippen molar-refractivity contribution in [2.24, 2.45) is 0 Å². The van der Waals surface area contributed by atoms with Gasteiger partial charge in [0.2, 0.25) is 0 Å². The maximum absolute atomic E-state index is 12.9. The quantitative estimate of drug-likeness (QED) is 0.445. The van der Waals surface area contributed by atoms with E-state index in [0.717, 1.165) is 47.1 Å². The number of nitrogens with zero attached hydrogens (tertiary/aromatic N) is 4. The van der Waals surface area contributed by atoms with E-state index in [1.54, 1.807) is 16.9 Å². The molecule has 174 valence electrons. The fourth-order valence-corrected chi connectivity index (χ4v) is 4.27. The molecule has 0 unspecified atom stereocenters. The molecule has 1 aliphatic heterocycles. The van der Waals surface area contributed by atoms with Crippen LogP contribution in [0.4, 0.5) is 0 Å². The van der Waals surface area contributed by atoms with E-state index >= 15 is 0 Å². The molecule has 2 heterocycles. The highest BCUT2D eigenvalue weighted by Crippen LogP contribution is 2.26. The normalized spacial score (nSPS) is 14.5. The first-order valence-electron chi connectivity index (χ1n) is 10.7. The van der Waals surface area contributed by atoms with Gasteiger partial charge in [-0.25, -0.2) is 4.68 Å². The second-order valence-electron chi connectivity index (χ2n) is 8.20. The Bertz CT molecular complexity index is 1130. The van der Waals surface area contributed by atoms with E-state index in [0.29, 0.717) is 28.8 Å². The third-order valence-corrected chi connectivity index (χ3v) is 7.02. The van der Waals surface area contributed by atoms with E-state index in [4.69, 9.17) is 39.5 Å². The SMILES string of the molecule is Cc1cc(OCn2ccc(C(=O)N3CCN(Cc4ccc(Cl)c(Cl)c4)CC3)n2)cc(C)c1Cl. The van der Waals surface area contributed by atoms with Gasteiger partial charge in [-0.1, -0.05) is 40.9 Å². The molecule has 0 N–H and O–H groups in total. The molecule has 1 aromatic heterocycles. The van der Waals surface area contributed by atoms with Crippen molar-refractivity contribution in [3.8, 4) is 5.75 Å². The number of aromatic nitrogens is 2. The summed E-state index contributed by atoms with van der Waals surface area (Å²) in [5, 5.41) is 6.26. The first-order valence-corrected chi connectivity index (χ1v) is 11.8. The van der Waals surface area contributed by atoms with Crippen LogP contribution in [0.5, 0.6) is 5.75 Å². The van der Waals surface area contributed by atoms with Crippen LogP contribution in [0.15, 0.2) is 42.6 Å². The van der Waals surface area contributed by atoms with Crippen LogP contribution in [0.3, 0.4) is 0 Å². The Kier molecular flexibility index (Phi) is 7.49. The first-order chi connectivity index (χ1) is 15.8. The Morgan fingerprint density at radius 2 is 1.67 bits per heavy atom. The number of piperazine rings is 1. The Hall–Kier alpha value is -2.25. The molecule has 0 aliphatic carbocycles. The van der Waals surface area contributed by atoms with Gasteiger partial charge in [0.1, 0.15) is 5.75 Å². The number of rotatable bonds is 6. The second-order valence-corrected chi connectivity index (χ2v) is 9.39. The zero-order chi connectivity index (χ0) is 23.5. The number of amides is 1. The Labute approximate surface area is 208 Å². The summed E-state index contributed by atoms with van der Waals surface area (Å²) in [5.41, 5.74) is 3.44. The summed E-state index contributed by atoms with van der Waals surface area (Å²) in [4.78, 5) is 17.0. The highest BCUT2D eigenvalue weighted by Gasteiger charge is 2.24. The second kappa shape index (κ2) is 10.3. The monoisotopic (exact) mass is 506 g/mol. The standard InChI is InChI=1S/C24H25Cl3N4O2/c1-16-11-19(12-17(2)23(16)27)33-15-31-6-5-22(28-31)24(32)30-9-7-29(8-10-30)14-18-3-4-20(25)21(26)13-18/h3-6,11-13H,7-10,14-15H2,1-2H3. The van der Waals surface area contributed by atoms with Crippen LogP contribution in [0.2, 0.25) is 15.1 Å². The molecular formula is C24H25Cl3N4O2. The maximum atomic E-state index is 12.9. The van der Waals surface area contributed by atoms with Crippen LogP contribution >= 0.6 is 34.8 Å². The zero-order valence-electron chi connectivity index (χ0n) is 18.5. The topological polar surface area (TPSA) is 50.6 Å². The van der Waals surface area contributed by atoms with Crippen molar-refractivity contribution in [2.75, 3.05) is 26.2 Å². The predicted octanol–water partition coefficient (Wildman–Crippen LogP) is 5.45. The van der Waals surface area contributed by atoms with Crippen molar-refractivity contribution in [3.05, 3.63) is 80.0 Å². The van der Waals surface area contributed by atoms with Crippen molar-refractivity contribution in [2.45, 2.75) is 27.1 Å². The summed E-state index contributed by atoms with van der Waals surface area (Å²) in [5.74, 6) is 0.650. The van der Waals surface area contributed by atoms with Crippen LogP contribution in [-0.2, 0) is 13.3 Å². The van der Waals surface area contributed by atoms with E-state index < -0.39 is 0 Å². The molecule has 0 atom stereocenters. The third kappa shape index (κ3) is 5.82. The molecule has 0 saturated carbocycles. The molecule has 3 aromatic rings. The van der Waals surface area contributed by atoms with Crippen LogP contribution in [0.25, 0.3) is 0 Å². The van der Waals surface area contributed by atoms with Crippen LogP contribution < -0.4 is 4.74 Å². The molecule has 6 nitrogen and oxygen atoms in total. The van der Waals surface area contributed by atoms with E-state index in [9.17, 15) is 4.79 Å². The largest absolute Gasteiger partial charge is 0.471 e. The molecule has 2 aromatic carbocycles. The molecule has 0 bridgehead atoms. The molecule has 1 amide bonds. The lowest BCUT2D eigenvalue weighted by Gasteiger charge is -2.34. The number of aryl methyl sites for hydroxylation is 2. The lowest BCUT2D eigenvalue weighted by molar-refractivity contribution is 0.0621. The van der Waals surface area contributed by atoms with Gasteiger partial charge in [-0.05, 0) is 60.9 Å². The summed E-state index contributed by atoms with van der Waals surface area (Å²) in [6.07, 6.45) is 1.75. The minimum atomic E-state index is -0.0684. The molecule has 33 heavy (non-hydrogen) atoms. The van der Waals surface area contributed by atoms with Crippen LogP contribution in [0.1, 0.15) is 27.2 Å². The van der Waals surface area contributed by atoms with Crippen LogP contribution in [-0.4, -0.2) is 51.7 Å². The number of halogens is 3. The highest BCUT2D eigenvalue weighted by atomic mass is 35.5. The molecule has 0 spiro atoms. The molecule has 4 rings (SSSR count). The van der Waals surface area contributed by atoms with E-state index in [2.05, 4.69) is 10.00 Å². The van der Waals surface area contributed by atoms with Gasteiger partial charge >= 0.3 is 0 Å². The van der Waals surface area contributed by atoms with Crippen LogP contribution in [0, 0.1) is 13.8 Å². The number of carbonyl (C=O) groups is 1. The molecule has 9 heteroatoms. The minimum absolute atomic E-state index is 0.0684. The maximum Gasteiger partial charge on any atom is 0.274 e. The Morgan fingerprint density at radius 1 is 0.970 bits per heavy atom. The smallest absolute Gasteiger partial charge is 0.274 e. The van der Waals surface area contributed by atoms with E-state index in [1.165, 1.54) is 0 Å². The summed E-state index contributed by atoms with van der Waals surface area (Å²) in [6.45, 7) is 7.73. The zero-order valence-corrected chi connectivity index (χ0v) is 20.8. The molecular weight excluding hydrogens is 483 g/mol. The number of benzene rings is 2. The third-order valence-electron chi connectivity index (χ3n) is 5.68. The summed E-state index contributed by atoms with van der Waals surface area (Å²) in [6, 6.07) is 11.2. The van der Waals surface area contributed by atoms with Gasteiger partial charge in [0.15, 0.2) is 12.4 Å². The van der Waals surface area contributed by atoms with Crippen molar-refractivity contribution in [3.63, 3.8) is 0 Å². The number of ether oxygens (including phenoxy) is 1. The first kappa shape index (κ1) is 23.9. The fourth-order valence-electron chi connectivity index (χ4n) is 3.85. The van der Waals surface area contributed by atoms with Crippen molar-refractivity contribution in [1.29, 1.82) is 0 Å². The van der Waals surface area contributed by atoms with Gasteiger partial charge in [0.05, 0.1) is 10.0 Å². The number of carbonyl (C=O) groups excluding carboxylic acids is 1.